The maximum atomic E-state index is 5.62. The van der Waals surface area contributed by atoms with E-state index in [9.17, 15) is 0 Å². The van der Waals surface area contributed by atoms with Crippen LogP contribution in [-0.2, 0) is 0 Å². The van der Waals surface area contributed by atoms with Crippen LogP contribution in [0.3, 0.4) is 0 Å². The molecule has 0 aliphatic rings. The first-order valence-corrected chi connectivity index (χ1v) is 5.92. The number of ether oxygens (including phenoxy) is 1. The molecule has 1 heterocycles. The molecule has 0 radical (unpaired) electrons. The molecule has 0 saturated carbocycles. The van der Waals surface area contributed by atoms with E-state index in [1.807, 2.05) is 30.3 Å². The average Bonchev–Trinajstić information content (AvgIpc) is 2.87. The van der Waals surface area contributed by atoms with Crippen LogP contribution in [0.2, 0.25) is 0 Å². The van der Waals surface area contributed by atoms with E-state index in [4.69, 9.17) is 14.9 Å². The minimum Gasteiger partial charge on any atom is -0.497 e. The van der Waals surface area contributed by atoms with Gasteiger partial charge >= 0.3 is 0 Å². The molecular formula is C13H13N3O2S. The van der Waals surface area contributed by atoms with E-state index in [0.29, 0.717) is 5.76 Å². The third-order valence-corrected chi connectivity index (χ3v) is 2.44. The summed E-state index contributed by atoms with van der Waals surface area (Å²) in [5.74, 6) is 2.11. The number of hydrogen-bond donors (Lipinski definition) is 2. The summed E-state index contributed by atoms with van der Waals surface area (Å²) in [5.41, 5.74) is 8.64. The number of thiocarbonyl (C=S) groups is 1. The average molecular weight is 275 g/mol. The molecule has 0 aliphatic carbocycles. The van der Waals surface area contributed by atoms with E-state index < -0.39 is 0 Å². The first-order chi connectivity index (χ1) is 9.19. The Balaban J connectivity index is 2.16. The zero-order chi connectivity index (χ0) is 13.7. The standard InChI is InChI=1S/C13H13N3O2S/c1-17-10-4-2-3-9(7-10)12-6-5-11(18-12)8-15-16-13(14)19/h2-8H,1H3,(H3,14,16,19)/b15-8+. The second-order valence-electron chi connectivity index (χ2n) is 3.67. The lowest BCUT2D eigenvalue weighted by molar-refractivity contribution is 0.415. The highest BCUT2D eigenvalue weighted by Gasteiger charge is 2.04. The Morgan fingerprint density at radius 2 is 2.26 bits per heavy atom. The fraction of sp³-hybridized carbons (Fsp3) is 0.0769. The maximum absolute atomic E-state index is 5.62. The zero-order valence-corrected chi connectivity index (χ0v) is 11.1. The molecule has 5 nitrogen and oxygen atoms in total. The number of hydrogen-bond acceptors (Lipinski definition) is 4. The number of rotatable bonds is 4. The molecule has 1 aromatic carbocycles. The van der Waals surface area contributed by atoms with Gasteiger partial charge in [0.15, 0.2) is 5.11 Å². The Kier molecular flexibility index (Phi) is 4.15. The smallest absolute Gasteiger partial charge is 0.184 e. The molecule has 2 aromatic rings. The minimum atomic E-state index is 0.107. The van der Waals surface area contributed by atoms with Crippen molar-refractivity contribution in [3.8, 4) is 17.1 Å². The molecule has 0 fully saturated rings. The van der Waals surface area contributed by atoms with Crippen molar-refractivity contribution in [2.75, 3.05) is 7.11 Å². The van der Waals surface area contributed by atoms with Crippen molar-refractivity contribution in [2.45, 2.75) is 0 Å². The zero-order valence-electron chi connectivity index (χ0n) is 10.3. The van der Waals surface area contributed by atoms with Gasteiger partial charge in [-0.1, -0.05) is 12.1 Å². The first-order valence-electron chi connectivity index (χ1n) is 5.52. The van der Waals surface area contributed by atoms with Gasteiger partial charge in [-0.2, -0.15) is 5.10 Å². The van der Waals surface area contributed by atoms with Crippen molar-refractivity contribution in [1.82, 2.24) is 5.43 Å². The Morgan fingerprint density at radius 1 is 1.42 bits per heavy atom. The molecule has 0 bridgehead atoms. The second-order valence-corrected chi connectivity index (χ2v) is 4.11. The minimum absolute atomic E-state index is 0.107. The van der Waals surface area contributed by atoms with Gasteiger partial charge in [0.2, 0.25) is 0 Å². The molecule has 6 heteroatoms. The normalized spacial score (nSPS) is 10.6. The quantitative estimate of drug-likeness (QED) is 0.508. The number of nitrogens with two attached hydrogens (primary N) is 1. The van der Waals surface area contributed by atoms with Gasteiger partial charge in [0, 0.05) is 5.56 Å². The van der Waals surface area contributed by atoms with E-state index in [0.717, 1.165) is 17.1 Å². The largest absolute Gasteiger partial charge is 0.497 e. The van der Waals surface area contributed by atoms with Gasteiger partial charge in [0.25, 0.3) is 0 Å². The van der Waals surface area contributed by atoms with Crippen LogP contribution in [0.25, 0.3) is 11.3 Å². The molecule has 0 aliphatic heterocycles. The van der Waals surface area contributed by atoms with Gasteiger partial charge in [-0.15, -0.1) is 0 Å². The van der Waals surface area contributed by atoms with E-state index in [1.165, 1.54) is 6.21 Å². The highest BCUT2D eigenvalue weighted by molar-refractivity contribution is 7.80. The van der Waals surface area contributed by atoms with E-state index in [2.05, 4.69) is 22.7 Å². The van der Waals surface area contributed by atoms with Crippen LogP contribution in [-0.4, -0.2) is 18.4 Å². The van der Waals surface area contributed by atoms with Gasteiger partial charge in [-0.3, -0.25) is 5.43 Å². The third-order valence-electron chi connectivity index (χ3n) is 2.35. The summed E-state index contributed by atoms with van der Waals surface area (Å²) < 4.78 is 10.8. The lowest BCUT2D eigenvalue weighted by Crippen LogP contribution is -2.23. The maximum Gasteiger partial charge on any atom is 0.184 e. The van der Waals surface area contributed by atoms with Gasteiger partial charge in [0.05, 0.1) is 13.3 Å². The molecule has 0 unspecified atom stereocenters. The van der Waals surface area contributed by atoms with Crippen LogP contribution >= 0.6 is 12.2 Å². The van der Waals surface area contributed by atoms with Crippen molar-refractivity contribution in [3.63, 3.8) is 0 Å². The molecule has 0 spiro atoms. The molecule has 0 atom stereocenters. The van der Waals surface area contributed by atoms with Gasteiger partial charge in [-0.25, -0.2) is 0 Å². The molecule has 1 aromatic heterocycles. The van der Waals surface area contributed by atoms with Crippen LogP contribution in [0, 0.1) is 0 Å². The third kappa shape index (κ3) is 3.56. The van der Waals surface area contributed by atoms with Crippen LogP contribution in [0.1, 0.15) is 5.76 Å². The van der Waals surface area contributed by atoms with Gasteiger partial charge in [0.1, 0.15) is 17.3 Å². The van der Waals surface area contributed by atoms with Gasteiger partial charge < -0.3 is 14.9 Å². The molecule has 2 rings (SSSR count). The number of nitrogens with one attached hydrogen (secondary N) is 1. The summed E-state index contributed by atoms with van der Waals surface area (Å²) in [7, 11) is 1.63. The molecule has 19 heavy (non-hydrogen) atoms. The monoisotopic (exact) mass is 275 g/mol. The van der Waals surface area contributed by atoms with Crippen molar-refractivity contribution >= 4 is 23.5 Å². The number of methoxy groups -OCH3 is 1. The first kappa shape index (κ1) is 13.1. The summed E-state index contributed by atoms with van der Waals surface area (Å²) in [5, 5.41) is 3.93. The Bertz CT molecular complexity index is 607. The SMILES string of the molecule is COc1cccc(-c2ccc(/C=N/NC(N)=S)o2)c1. The Morgan fingerprint density at radius 3 is 3.00 bits per heavy atom. The molecule has 3 N–H and O–H groups in total. The van der Waals surface area contributed by atoms with E-state index in [-0.39, 0.29) is 5.11 Å². The Hall–Kier alpha value is -2.34. The van der Waals surface area contributed by atoms with Crippen molar-refractivity contribution in [2.24, 2.45) is 10.8 Å². The predicted molar refractivity (Wildman–Crippen MR) is 78.2 cm³/mol. The van der Waals surface area contributed by atoms with Crippen LogP contribution in [0.5, 0.6) is 5.75 Å². The summed E-state index contributed by atoms with van der Waals surface area (Å²) in [6.45, 7) is 0. The van der Waals surface area contributed by atoms with Crippen LogP contribution in [0.15, 0.2) is 45.9 Å². The number of hydrazone groups is 1. The van der Waals surface area contributed by atoms with Crippen molar-refractivity contribution < 1.29 is 9.15 Å². The Labute approximate surface area is 116 Å². The van der Waals surface area contributed by atoms with E-state index >= 15 is 0 Å². The number of benzene rings is 1. The second kappa shape index (κ2) is 6.01. The fourth-order valence-electron chi connectivity index (χ4n) is 1.51. The lowest BCUT2D eigenvalue weighted by Gasteiger charge is -2.01. The highest BCUT2D eigenvalue weighted by Crippen LogP contribution is 2.25. The summed E-state index contributed by atoms with van der Waals surface area (Å²) in [6.07, 6.45) is 1.50. The molecule has 0 saturated heterocycles. The molecular weight excluding hydrogens is 262 g/mol. The fourth-order valence-corrected chi connectivity index (χ4v) is 1.57. The van der Waals surface area contributed by atoms with Crippen LogP contribution in [0.4, 0.5) is 0 Å². The van der Waals surface area contributed by atoms with E-state index in [1.54, 1.807) is 13.2 Å². The van der Waals surface area contributed by atoms with Crippen LogP contribution < -0.4 is 15.9 Å². The van der Waals surface area contributed by atoms with Crippen molar-refractivity contribution in [1.29, 1.82) is 0 Å². The molecule has 0 amide bonds. The van der Waals surface area contributed by atoms with Crippen molar-refractivity contribution in [3.05, 3.63) is 42.2 Å². The highest BCUT2D eigenvalue weighted by atomic mass is 32.1. The molecule has 98 valence electrons. The predicted octanol–water partition coefficient (Wildman–Crippen LogP) is 2.12. The topological polar surface area (TPSA) is 72.8 Å². The summed E-state index contributed by atoms with van der Waals surface area (Å²) in [6, 6.07) is 11.3. The lowest BCUT2D eigenvalue weighted by atomic mass is 10.2. The summed E-state index contributed by atoms with van der Waals surface area (Å²) >= 11 is 4.63. The summed E-state index contributed by atoms with van der Waals surface area (Å²) in [4.78, 5) is 0. The number of furan rings is 1. The van der Waals surface area contributed by atoms with Gasteiger partial charge in [-0.05, 0) is 36.5 Å². The number of nitrogens with zero attached hydrogens (tertiary/aromatic N) is 1.